The zero-order valence-corrected chi connectivity index (χ0v) is 16.4. The molecule has 5 heteroatoms. The Bertz CT molecular complexity index is 1060. The highest BCUT2D eigenvalue weighted by Gasteiger charge is 2.31. The van der Waals surface area contributed by atoms with Gasteiger partial charge in [-0.3, -0.25) is 0 Å². The van der Waals surface area contributed by atoms with Gasteiger partial charge in [0.05, 0.1) is 0 Å². The highest BCUT2D eigenvalue weighted by Crippen LogP contribution is 2.36. The van der Waals surface area contributed by atoms with Gasteiger partial charge in [0.2, 0.25) is 0 Å². The number of nitrogens with one attached hydrogen (secondary N) is 2. The summed E-state index contributed by atoms with van der Waals surface area (Å²) in [6, 6.07) is 16.3. The van der Waals surface area contributed by atoms with Gasteiger partial charge in [-0.25, -0.2) is 4.79 Å². The van der Waals surface area contributed by atoms with E-state index in [-0.39, 0.29) is 5.92 Å². The van der Waals surface area contributed by atoms with Crippen molar-refractivity contribution >= 4 is 27.9 Å². The summed E-state index contributed by atoms with van der Waals surface area (Å²) in [5, 5.41) is 12.1. The van der Waals surface area contributed by atoms with Gasteiger partial charge in [0.15, 0.2) is 0 Å². The smallest absolute Gasteiger partial charge is 0.407 e. The lowest BCUT2D eigenvalue weighted by Gasteiger charge is -2.36. The first-order valence-electron chi connectivity index (χ1n) is 9.49. The minimum Gasteiger partial charge on any atom is -0.465 e. The second-order valence-corrected chi connectivity index (χ2v) is 8.20. The van der Waals surface area contributed by atoms with Crippen LogP contribution in [0.15, 0.2) is 60.9 Å². The van der Waals surface area contributed by atoms with Crippen LogP contribution in [0.3, 0.4) is 0 Å². The van der Waals surface area contributed by atoms with E-state index in [1.165, 1.54) is 4.90 Å². The van der Waals surface area contributed by atoms with Crippen LogP contribution in [0.2, 0.25) is 0 Å². The van der Waals surface area contributed by atoms with Gasteiger partial charge < -0.3 is 20.0 Å². The highest BCUT2D eigenvalue weighted by molar-refractivity contribution is 5.88. The lowest BCUT2D eigenvalue weighted by Crippen LogP contribution is -2.47. The first-order valence-corrected chi connectivity index (χ1v) is 9.49. The number of carboxylic acid groups (broad SMARTS) is 1. The third kappa shape index (κ3) is 3.13. The maximum atomic E-state index is 12.1. The number of rotatable bonds is 4. The van der Waals surface area contributed by atoms with E-state index in [9.17, 15) is 9.90 Å². The third-order valence-corrected chi connectivity index (χ3v) is 5.40. The number of H-pyrrole nitrogens is 2. The van der Waals surface area contributed by atoms with Crippen LogP contribution < -0.4 is 0 Å². The van der Waals surface area contributed by atoms with Crippen LogP contribution in [-0.4, -0.2) is 38.2 Å². The average molecular weight is 375 g/mol. The summed E-state index contributed by atoms with van der Waals surface area (Å²) in [6.07, 6.45) is 3.12. The first-order chi connectivity index (χ1) is 13.4. The molecule has 0 atom stereocenters. The van der Waals surface area contributed by atoms with Crippen molar-refractivity contribution in [2.24, 2.45) is 0 Å². The number of aromatic amines is 2. The Kier molecular flexibility index (Phi) is 4.38. The molecular weight excluding hydrogens is 350 g/mol. The summed E-state index contributed by atoms with van der Waals surface area (Å²) in [7, 11) is 0. The third-order valence-electron chi connectivity index (χ3n) is 5.40. The largest absolute Gasteiger partial charge is 0.465 e. The lowest BCUT2D eigenvalue weighted by atomic mass is 9.89. The van der Waals surface area contributed by atoms with Crippen molar-refractivity contribution in [2.75, 3.05) is 6.54 Å². The first kappa shape index (κ1) is 18.2. The summed E-state index contributed by atoms with van der Waals surface area (Å²) in [5.74, 6) is -0.0948. The van der Waals surface area contributed by atoms with Crippen LogP contribution in [0.5, 0.6) is 0 Å². The molecule has 0 bridgehead atoms. The van der Waals surface area contributed by atoms with E-state index in [0.717, 1.165) is 32.9 Å². The molecule has 1 amide bonds. The van der Waals surface area contributed by atoms with Gasteiger partial charge in [0.1, 0.15) is 0 Å². The molecule has 0 aliphatic carbocycles. The zero-order chi connectivity index (χ0) is 19.9. The van der Waals surface area contributed by atoms with Crippen molar-refractivity contribution in [3.63, 3.8) is 0 Å². The van der Waals surface area contributed by atoms with Crippen LogP contribution in [0, 0.1) is 0 Å². The van der Waals surface area contributed by atoms with E-state index >= 15 is 0 Å². The van der Waals surface area contributed by atoms with Gasteiger partial charge in [0.25, 0.3) is 0 Å². The van der Waals surface area contributed by atoms with Crippen LogP contribution in [0.1, 0.15) is 37.8 Å². The molecule has 144 valence electrons. The summed E-state index contributed by atoms with van der Waals surface area (Å²) >= 11 is 0. The zero-order valence-electron chi connectivity index (χ0n) is 16.4. The van der Waals surface area contributed by atoms with Gasteiger partial charge in [-0.2, -0.15) is 0 Å². The summed E-state index contributed by atoms with van der Waals surface area (Å²) in [4.78, 5) is 20.3. The topological polar surface area (TPSA) is 72.1 Å². The summed E-state index contributed by atoms with van der Waals surface area (Å²) in [6.45, 7) is 6.18. The SMILES string of the molecule is CC(C)(C)N(CC(c1c[nH]c2ccccc12)c1c[nH]c2ccccc12)C(=O)O. The molecule has 0 saturated carbocycles. The quantitative estimate of drug-likeness (QED) is 0.437. The molecule has 0 aliphatic heterocycles. The predicted octanol–water partition coefficient (Wildman–Crippen LogP) is 5.56. The van der Waals surface area contributed by atoms with Crippen molar-refractivity contribution < 1.29 is 9.90 Å². The van der Waals surface area contributed by atoms with Gasteiger partial charge in [-0.15, -0.1) is 0 Å². The molecule has 28 heavy (non-hydrogen) atoms. The second kappa shape index (κ2) is 6.75. The van der Waals surface area contributed by atoms with E-state index < -0.39 is 11.6 Å². The molecule has 3 N–H and O–H groups in total. The molecular formula is C23H25N3O2. The molecule has 0 unspecified atom stereocenters. The van der Waals surface area contributed by atoms with Crippen LogP contribution in [0.25, 0.3) is 21.8 Å². The summed E-state index contributed by atoms with van der Waals surface area (Å²) in [5.41, 5.74) is 3.83. The van der Waals surface area contributed by atoms with Gasteiger partial charge in [-0.05, 0) is 44.0 Å². The normalized spacial score (nSPS) is 12.1. The molecule has 0 aliphatic rings. The van der Waals surface area contributed by atoms with Gasteiger partial charge in [0, 0.05) is 52.2 Å². The molecule has 4 aromatic rings. The van der Waals surface area contributed by atoms with E-state index in [2.05, 4.69) is 22.1 Å². The fraction of sp³-hybridized carbons (Fsp3) is 0.261. The molecule has 5 nitrogen and oxygen atoms in total. The van der Waals surface area contributed by atoms with Crippen molar-refractivity contribution in [3.05, 3.63) is 72.1 Å². The molecule has 4 rings (SSSR count). The van der Waals surface area contributed by atoms with E-state index in [0.29, 0.717) is 6.54 Å². The van der Waals surface area contributed by atoms with Crippen molar-refractivity contribution in [3.8, 4) is 0 Å². The second-order valence-electron chi connectivity index (χ2n) is 8.20. The Balaban J connectivity index is 1.90. The number of aromatic nitrogens is 2. The Morgan fingerprint density at radius 3 is 1.82 bits per heavy atom. The van der Waals surface area contributed by atoms with Crippen molar-refractivity contribution in [2.45, 2.75) is 32.2 Å². The fourth-order valence-electron chi connectivity index (χ4n) is 3.95. The van der Waals surface area contributed by atoms with E-state index in [4.69, 9.17) is 0 Å². The number of benzene rings is 2. The van der Waals surface area contributed by atoms with E-state index in [1.54, 1.807) is 0 Å². The van der Waals surface area contributed by atoms with Crippen molar-refractivity contribution in [1.82, 2.24) is 14.9 Å². The fourth-order valence-corrected chi connectivity index (χ4v) is 3.95. The number of fused-ring (bicyclic) bond motifs is 2. The van der Waals surface area contributed by atoms with Crippen LogP contribution >= 0.6 is 0 Å². The Labute approximate surface area is 164 Å². The highest BCUT2D eigenvalue weighted by atomic mass is 16.4. The number of carbonyl (C=O) groups is 1. The predicted molar refractivity (Wildman–Crippen MR) is 113 cm³/mol. The summed E-state index contributed by atoms with van der Waals surface area (Å²) < 4.78 is 0. The maximum Gasteiger partial charge on any atom is 0.407 e. The Morgan fingerprint density at radius 2 is 1.39 bits per heavy atom. The molecule has 2 aromatic heterocycles. The monoisotopic (exact) mass is 375 g/mol. The molecule has 0 saturated heterocycles. The van der Waals surface area contributed by atoms with Crippen molar-refractivity contribution in [1.29, 1.82) is 0 Å². The minimum absolute atomic E-state index is 0.0948. The molecule has 0 radical (unpaired) electrons. The maximum absolute atomic E-state index is 12.1. The Morgan fingerprint density at radius 1 is 0.929 bits per heavy atom. The van der Waals surface area contributed by atoms with Crippen LogP contribution in [0.4, 0.5) is 4.79 Å². The van der Waals surface area contributed by atoms with Gasteiger partial charge >= 0.3 is 6.09 Å². The number of nitrogens with zero attached hydrogens (tertiary/aromatic N) is 1. The lowest BCUT2D eigenvalue weighted by molar-refractivity contribution is 0.0983. The number of amides is 1. The number of hydrogen-bond donors (Lipinski definition) is 3. The number of para-hydroxylation sites is 2. The molecule has 2 aromatic carbocycles. The van der Waals surface area contributed by atoms with Gasteiger partial charge in [-0.1, -0.05) is 36.4 Å². The average Bonchev–Trinajstić information content (AvgIpc) is 3.26. The Hall–Kier alpha value is -3.21. The van der Waals surface area contributed by atoms with E-state index in [1.807, 2.05) is 69.6 Å². The number of hydrogen-bond acceptors (Lipinski definition) is 1. The molecule has 2 heterocycles. The standard InChI is InChI=1S/C23H25N3O2/c1-23(2,3)26(22(27)28)14-19(17-12-24-20-10-6-4-8-15(17)20)18-13-25-21-11-7-5-9-16(18)21/h4-13,19,24-25H,14H2,1-3H3,(H,27,28). The van der Waals surface area contributed by atoms with Crippen LogP contribution in [-0.2, 0) is 0 Å². The molecule has 0 spiro atoms. The minimum atomic E-state index is -0.905. The molecule has 0 fully saturated rings.